The highest BCUT2D eigenvalue weighted by Crippen LogP contribution is 2.40. The van der Waals surface area contributed by atoms with Crippen LogP contribution in [0.4, 0.5) is 0 Å². The lowest BCUT2D eigenvalue weighted by Gasteiger charge is -2.09. The van der Waals surface area contributed by atoms with E-state index in [9.17, 15) is 0 Å². The molecule has 0 aliphatic carbocycles. The van der Waals surface area contributed by atoms with Crippen LogP contribution in [0, 0.1) is 0 Å². The molecule has 0 amide bonds. The van der Waals surface area contributed by atoms with Crippen LogP contribution in [0.25, 0.3) is 83.6 Å². The van der Waals surface area contributed by atoms with Gasteiger partial charge in [-0.3, -0.25) is 0 Å². The standard InChI is InChI=1S/C39H24N4O/c1-3-13-25(14-4-1)37-40-38(26-15-5-2-6-16-26)42-39(41-37)31-21-11-19-29-30-20-12-24-34(36(30)44-35(29)31)43-32-22-9-7-17-27(32)28-18-8-10-23-33(28)43/h1-24H/i1D,2D,3D,4D,5D,6D,13D,14D,15D,16D. The van der Waals surface area contributed by atoms with Crippen LogP contribution in [0.15, 0.2) is 150 Å². The summed E-state index contributed by atoms with van der Waals surface area (Å²) in [6.07, 6.45) is 0. The van der Waals surface area contributed by atoms with Gasteiger partial charge in [-0.15, -0.1) is 0 Å². The molecule has 206 valence electrons. The number of para-hydroxylation sites is 4. The van der Waals surface area contributed by atoms with E-state index < -0.39 is 60.4 Å². The van der Waals surface area contributed by atoms with Gasteiger partial charge in [0.15, 0.2) is 23.1 Å². The van der Waals surface area contributed by atoms with Gasteiger partial charge >= 0.3 is 0 Å². The molecular weight excluding hydrogens is 540 g/mol. The summed E-state index contributed by atoms with van der Waals surface area (Å²) >= 11 is 0. The third kappa shape index (κ3) is 3.76. The van der Waals surface area contributed by atoms with Gasteiger partial charge in [-0.2, -0.15) is 0 Å². The second kappa shape index (κ2) is 9.75. The van der Waals surface area contributed by atoms with Crippen LogP contribution in [0.3, 0.4) is 0 Å². The Hall–Kier alpha value is -6.07. The molecule has 0 aliphatic rings. The third-order valence-electron chi connectivity index (χ3n) is 7.65. The monoisotopic (exact) mass is 574 g/mol. The molecule has 0 unspecified atom stereocenters. The summed E-state index contributed by atoms with van der Waals surface area (Å²) < 4.78 is 92.9. The molecule has 5 heteroatoms. The smallest absolute Gasteiger partial charge is 0.167 e. The van der Waals surface area contributed by atoms with Crippen LogP contribution in [0.1, 0.15) is 13.7 Å². The van der Waals surface area contributed by atoms with Gasteiger partial charge in [0.25, 0.3) is 0 Å². The number of furan rings is 1. The number of rotatable bonds is 4. The Morgan fingerprint density at radius 2 is 0.977 bits per heavy atom. The lowest BCUT2D eigenvalue weighted by Crippen LogP contribution is -2.00. The molecule has 0 saturated heterocycles. The van der Waals surface area contributed by atoms with E-state index in [1.807, 2.05) is 60.7 Å². The first-order chi connectivity index (χ1) is 26.0. The Balaban J connectivity index is 1.36. The molecule has 0 saturated carbocycles. The molecule has 0 fully saturated rings. The van der Waals surface area contributed by atoms with Crippen LogP contribution >= 0.6 is 0 Å². The van der Waals surface area contributed by atoms with Crippen molar-refractivity contribution in [2.45, 2.75) is 0 Å². The minimum Gasteiger partial charge on any atom is -0.453 e. The van der Waals surface area contributed by atoms with Crippen LogP contribution in [0.5, 0.6) is 0 Å². The molecule has 0 atom stereocenters. The van der Waals surface area contributed by atoms with E-state index in [1.165, 1.54) is 0 Å². The Kier molecular flexibility index (Phi) is 3.66. The average molecular weight is 575 g/mol. The summed E-state index contributed by atoms with van der Waals surface area (Å²) in [4.78, 5) is 13.6. The zero-order valence-corrected chi connectivity index (χ0v) is 22.8. The largest absolute Gasteiger partial charge is 0.453 e. The fraction of sp³-hybridized carbons (Fsp3) is 0. The van der Waals surface area contributed by atoms with Crippen molar-refractivity contribution in [2.75, 3.05) is 0 Å². The van der Waals surface area contributed by atoms with Gasteiger partial charge in [0, 0.05) is 32.7 Å². The van der Waals surface area contributed by atoms with Gasteiger partial charge in [-0.25, -0.2) is 15.0 Å². The highest BCUT2D eigenvalue weighted by atomic mass is 16.3. The van der Waals surface area contributed by atoms with Gasteiger partial charge in [-0.05, 0) is 24.3 Å². The zero-order valence-electron chi connectivity index (χ0n) is 32.8. The number of aromatic nitrogens is 4. The van der Waals surface area contributed by atoms with Gasteiger partial charge in [-0.1, -0.05) is 121 Å². The van der Waals surface area contributed by atoms with E-state index in [0.717, 1.165) is 32.9 Å². The Morgan fingerprint density at radius 3 is 1.59 bits per heavy atom. The van der Waals surface area contributed by atoms with E-state index >= 15 is 0 Å². The van der Waals surface area contributed by atoms with Gasteiger partial charge < -0.3 is 8.98 Å². The van der Waals surface area contributed by atoms with Crippen molar-refractivity contribution >= 4 is 43.7 Å². The predicted molar refractivity (Wildman–Crippen MR) is 178 cm³/mol. The normalized spacial score (nSPS) is 14.8. The van der Waals surface area contributed by atoms with Crippen molar-refractivity contribution in [3.8, 4) is 39.9 Å². The molecule has 0 spiro atoms. The molecule has 3 heterocycles. The van der Waals surface area contributed by atoms with Crippen LogP contribution in [0.2, 0.25) is 0 Å². The molecule has 9 rings (SSSR count). The van der Waals surface area contributed by atoms with Crippen molar-refractivity contribution in [3.63, 3.8) is 0 Å². The van der Waals surface area contributed by atoms with Crippen LogP contribution in [-0.2, 0) is 0 Å². The molecular formula is C39H24N4O. The highest BCUT2D eigenvalue weighted by molar-refractivity contribution is 6.14. The summed E-state index contributed by atoms with van der Waals surface area (Å²) in [5, 5.41) is 3.65. The first-order valence-electron chi connectivity index (χ1n) is 18.8. The predicted octanol–water partition coefficient (Wildman–Crippen LogP) is 9.87. The van der Waals surface area contributed by atoms with E-state index in [0.29, 0.717) is 22.1 Å². The van der Waals surface area contributed by atoms with Gasteiger partial charge in [0.2, 0.25) is 0 Å². The molecule has 9 aromatic rings. The first-order valence-corrected chi connectivity index (χ1v) is 13.8. The number of benzene rings is 6. The molecule has 0 N–H and O–H groups in total. The van der Waals surface area contributed by atoms with E-state index in [4.69, 9.17) is 18.1 Å². The number of fused-ring (bicyclic) bond motifs is 6. The molecule has 0 aliphatic heterocycles. The minimum atomic E-state index is -0.616. The van der Waals surface area contributed by atoms with E-state index in [-0.39, 0.29) is 28.6 Å². The quantitative estimate of drug-likeness (QED) is 0.210. The van der Waals surface area contributed by atoms with Crippen LogP contribution < -0.4 is 0 Å². The molecule has 44 heavy (non-hydrogen) atoms. The molecule has 0 bridgehead atoms. The van der Waals surface area contributed by atoms with Crippen molar-refractivity contribution in [1.82, 2.24) is 19.5 Å². The van der Waals surface area contributed by atoms with Crippen LogP contribution in [-0.4, -0.2) is 19.5 Å². The molecule has 3 aromatic heterocycles. The summed E-state index contributed by atoms with van der Waals surface area (Å²) in [6.45, 7) is 0. The summed E-state index contributed by atoms with van der Waals surface area (Å²) in [6, 6.07) is 21.4. The Morgan fingerprint density at radius 1 is 0.477 bits per heavy atom. The highest BCUT2D eigenvalue weighted by Gasteiger charge is 2.21. The average Bonchev–Trinajstić information content (AvgIpc) is 3.74. The summed E-state index contributed by atoms with van der Waals surface area (Å²) in [7, 11) is 0. The topological polar surface area (TPSA) is 56.7 Å². The minimum absolute atomic E-state index is 0.0725. The van der Waals surface area contributed by atoms with Crippen molar-refractivity contribution in [3.05, 3.63) is 145 Å². The SMILES string of the molecule is [2H]c1c([2H])c([2H])c(-c2nc(-c3c([2H])c([2H])c([2H])c([2H])c3[2H])nc(-c3cccc4c3oc3c(-n5c6ccccc6c6ccccc65)cccc34)n2)c([2H])c1[2H]. The maximum Gasteiger partial charge on any atom is 0.167 e. The lowest BCUT2D eigenvalue weighted by atomic mass is 10.1. The Bertz CT molecular complexity index is 2880. The fourth-order valence-electron chi connectivity index (χ4n) is 5.78. The Labute approximate surface area is 266 Å². The van der Waals surface area contributed by atoms with Gasteiger partial charge in [0.05, 0.1) is 36.0 Å². The number of nitrogens with zero attached hydrogens (tertiary/aromatic N) is 4. The van der Waals surface area contributed by atoms with E-state index in [2.05, 4.69) is 31.7 Å². The lowest BCUT2D eigenvalue weighted by molar-refractivity contribution is 0.667. The molecule has 0 radical (unpaired) electrons. The maximum atomic E-state index is 8.66. The summed E-state index contributed by atoms with van der Waals surface area (Å²) in [5.74, 6) is -0.771. The first kappa shape index (κ1) is 16.5. The summed E-state index contributed by atoms with van der Waals surface area (Å²) in [5.41, 5.74) is 3.33. The second-order valence-electron chi connectivity index (χ2n) is 10.1. The van der Waals surface area contributed by atoms with Crippen molar-refractivity contribution in [2.24, 2.45) is 0 Å². The fourth-order valence-corrected chi connectivity index (χ4v) is 5.78. The second-order valence-corrected chi connectivity index (χ2v) is 10.1. The van der Waals surface area contributed by atoms with E-state index in [1.54, 1.807) is 12.1 Å². The number of hydrogen-bond donors (Lipinski definition) is 0. The number of hydrogen-bond acceptors (Lipinski definition) is 4. The molecule has 6 aromatic carbocycles. The third-order valence-corrected chi connectivity index (χ3v) is 7.65. The van der Waals surface area contributed by atoms with Crippen molar-refractivity contribution < 1.29 is 18.1 Å². The van der Waals surface area contributed by atoms with Crippen molar-refractivity contribution in [1.29, 1.82) is 0 Å². The van der Waals surface area contributed by atoms with Gasteiger partial charge in [0.1, 0.15) is 5.58 Å². The zero-order chi connectivity index (χ0) is 37.7. The maximum absolute atomic E-state index is 8.66. The molecule has 5 nitrogen and oxygen atoms in total.